The highest BCUT2D eigenvalue weighted by molar-refractivity contribution is 6.01. The van der Waals surface area contributed by atoms with Crippen LogP contribution in [0.5, 0.6) is 0 Å². The highest BCUT2D eigenvalue weighted by Crippen LogP contribution is 2.40. The number of fused-ring (bicyclic) bond motifs is 6. The van der Waals surface area contributed by atoms with E-state index in [4.69, 9.17) is 5.73 Å². The van der Waals surface area contributed by atoms with Crippen molar-refractivity contribution in [3.05, 3.63) is 46.3 Å². The van der Waals surface area contributed by atoms with Crippen molar-refractivity contribution in [3.8, 4) is 5.69 Å². The summed E-state index contributed by atoms with van der Waals surface area (Å²) in [6.07, 6.45) is 2.89. The third kappa shape index (κ3) is 4.28. The number of anilines is 1. The number of aromatic nitrogens is 1. The van der Waals surface area contributed by atoms with Gasteiger partial charge in [-0.25, -0.2) is 0 Å². The number of ketones is 1. The van der Waals surface area contributed by atoms with Gasteiger partial charge >= 0.3 is 0 Å². The molecule has 1 aromatic carbocycles. The van der Waals surface area contributed by atoms with Gasteiger partial charge in [-0.15, -0.1) is 0 Å². The Bertz CT molecular complexity index is 1140. The average molecular weight is 451 g/mol. The number of carbonyl (C=O) groups is 3. The molecule has 1 atom stereocenters. The second-order valence-corrected chi connectivity index (χ2v) is 10.4. The Kier molecular flexibility index (Phi) is 5.85. The van der Waals surface area contributed by atoms with Crippen LogP contribution in [0.3, 0.4) is 0 Å². The summed E-state index contributed by atoms with van der Waals surface area (Å²) >= 11 is 0. The number of nitrogens with zero attached hydrogens (tertiary/aromatic N) is 2. The molecular weight excluding hydrogens is 416 g/mol. The van der Waals surface area contributed by atoms with E-state index < -0.39 is 5.91 Å². The van der Waals surface area contributed by atoms with E-state index in [2.05, 4.69) is 23.7 Å². The maximum atomic E-state index is 13.2. The number of carbonyl (C=O) groups excluding carboxylic acids is 3. The number of nitrogens with one attached hydrogen (secondary N) is 1. The van der Waals surface area contributed by atoms with Gasteiger partial charge in [-0.1, -0.05) is 13.8 Å². The molecule has 0 saturated heterocycles. The lowest BCUT2D eigenvalue weighted by molar-refractivity contribution is -0.129. The Morgan fingerprint density at radius 2 is 1.91 bits per heavy atom. The Balaban J connectivity index is 1.95. The predicted molar refractivity (Wildman–Crippen MR) is 129 cm³/mol. The van der Waals surface area contributed by atoms with Crippen LogP contribution in [0.1, 0.15) is 78.2 Å². The molecule has 4 rings (SSSR count). The van der Waals surface area contributed by atoms with Crippen molar-refractivity contribution in [3.63, 3.8) is 0 Å². The maximum Gasteiger partial charge on any atom is 0.250 e. The van der Waals surface area contributed by atoms with Crippen LogP contribution in [0, 0.1) is 12.3 Å². The van der Waals surface area contributed by atoms with Gasteiger partial charge in [0.25, 0.3) is 5.91 Å². The van der Waals surface area contributed by atoms with Gasteiger partial charge in [0, 0.05) is 60.8 Å². The van der Waals surface area contributed by atoms with E-state index in [1.807, 2.05) is 30.9 Å². The predicted octanol–water partition coefficient (Wildman–Crippen LogP) is 3.63. The molecule has 2 aliphatic rings. The van der Waals surface area contributed by atoms with Gasteiger partial charge in [0.05, 0.1) is 5.56 Å². The highest BCUT2D eigenvalue weighted by atomic mass is 16.2. The highest BCUT2D eigenvalue weighted by Gasteiger charge is 2.37. The summed E-state index contributed by atoms with van der Waals surface area (Å²) in [5.41, 5.74) is 11.5. The molecule has 1 aliphatic heterocycles. The zero-order valence-electron chi connectivity index (χ0n) is 20.2. The first kappa shape index (κ1) is 23.1. The molecule has 1 aromatic heterocycles. The second kappa shape index (κ2) is 8.36. The van der Waals surface area contributed by atoms with Gasteiger partial charge in [0.1, 0.15) is 0 Å². The molecule has 33 heavy (non-hydrogen) atoms. The molecule has 2 amide bonds. The van der Waals surface area contributed by atoms with E-state index in [-0.39, 0.29) is 23.1 Å². The molecule has 176 valence electrons. The molecule has 0 unspecified atom stereocenters. The fourth-order valence-electron chi connectivity index (χ4n) is 5.45. The molecule has 1 aliphatic carbocycles. The number of hydrogen-bond donors (Lipinski definition) is 2. The van der Waals surface area contributed by atoms with Gasteiger partial charge in [-0.2, -0.15) is 0 Å². The zero-order valence-corrected chi connectivity index (χ0v) is 20.2. The molecule has 2 aromatic rings. The summed E-state index contributed by atoms with van der Waals surface area (Å²) in [4.78, 5) is 39.4. The summed E-state index contributed by atoms with van der Waals surface area (Å²) < 4.78 is 2.21. The molecular formula is C26H34N4O3. The topological polar surface area (TPSA) is 97.4 Å². The summed E-state index contributed by atoms with van der Waals surface area (Å²) in [5, 5.41) is 3.40. The van der Waals surface area contributed by atoms with Crippen LogP contribution in [-0.2, 0) is 17.6 Å². The Morgan fingerprint density at radius 3 is 2.58 bits per heavy atom. The molecule has 3 N–H and O–H groups in total. The van der Waals surface area contributed by atoms with Crippen LogP contribution in [0.2, 0.25) is 0 Å². The molecule has 7 nitrogen and oxygen atoms in total. The minimum Gasteiger partial charge on any atom is -0.380 e. The fraction of sp³-hybridized carbons (Fsp3) is 0.500. The Labute approximate surface area is 195 Å². The third-order valence-electron chi connectivity index (χ3n) is 6.91. The second-order valence-electron chi connectivity index (χ2n) is 10.4. The van der Waals surface area contributed by atoms with Crippen molar-refractivity contribution < 1.29 is 14.4 Å². The average Bonchev–Trinajstić information content (AvgIpc) is 2.96. The smallest absolute Gasteiger partial charge is 0.250 e. The SMILES string of the molecule is CC(=O)N1CCCc2c(C)c3c(n2-c2ccc(C(N)=O)c(c2)N[C@@H](C)C1)CC(C)(C)CC3=O. The van der Waals surface area contributed by atoms with Crippen LogP contribution in [0.25, 0.3) is 5.69 Å². The standard InChI is InChI=1S/C26H34N4O3/c1-15-14-29(17(3)31)10-6-7-21-16(2)24-22(12-26(4,5)13-23(24)32)30(21)18-8-9-19(25(27)33)20(11-18)28-15/h8-9,11,15,28H,6-7,10,12-14H2,1-5H3,(H2,27,33)/t15-/m0/s1. The summed E-state index contributed by atoms with van der Waals surface area (Å²) in [6, 6.07) is 5.55. The van der Waals surface area contributed by atoms with E-state index in [0.29, 0.717) is 30.8 Å². The van der Waals surface area contributed by atoms with E-state index in [9.17, 15) is 14.4 Å². The fourth-order valence-corrected chi connectivity index (χ4v) is 5.45. The molecule has 0 spiro atoms. The van der Waals surface area contributed by atoms with Crippen molar-refractivity contribution in [2.45, 2.75) is 66.3 Å². The van der Waals surface area contributed by atoms with E-state index in [1.54, 1.807) is 13.0 Å². The molecule has 0 fully saturated rings. The van der Waals surface area contributed by atoms with E-state index in [0.717, 1.165) is 47.5 Å². The number of Topliss-reactive ketones (excluding diaryl/α,β-unsaturated/α-hetero) is 1. The number of rotatable bonds is 1. The Hall–Kier alpha value is -3.09. The lowest BCUT2D eigenvalue weighted by atomic mass is 9.75. The van der Waals surface area contributed by atoms with Crippen LogP contribution in [-0.4, -0.2) is 46.2 Å². The largest absolute Gasteiger partial charge is 0.380 e. The van der Waals surface area contributed by atoms with Gasteiger partial charge in [0.15, 0.2) is 5.78 Å². The molecule has 0 saturated carbocycles. The van der Waals surface area contributed by atoms with Gasteiger partial charge in [-0.05, 0) is 62.3 Å². The number of primary amides is 1. The van der Waals surface area contributed by atoms with Gasteiger partial charge in [0.2, 0.25) is 5.91 Å². The molecule has 2 bridgehead atoms. The lowest BCUT2D eigenvalue weighted by Gasteiger charge is -2.30. The van der Waals surface area contributed by atoms with Crippen LogP contribution in [0.4, 0.5) is 5.69 Å². The number of hydrogen-bond acceptors (Lipinski definition) is 4. The van der Waals surface area contributed by atoms with Crippen molar-refractivity contribution in [1.82, 2.24) is 9.47 Å². The lowest BCUT2D eigenvalue weighted by Crippen LogP contribution is -2.39. The first-order valence-corrected chi connectivity index (χ1v) is 11.7. The quantitative estimate of drug-likeness (QED) is 0.693. The molecule has 0 radical (unpaired) electrons. The van der Waals surface area contributed by atoms with Crippen molar-refractivity contribution in [1.29, 1.82) is 0 Å². The monoisotopic (exact) mass is 450 g/mol. The van der Waals surface area contributed by atoms with Gasteiger partial charge in [-0.3, -0.25) is 14.4 Å². The van der Waals surface area contributed by atoms with Crippen LogP contribution >= 0.6 is 0 Å². The van der Waals surface area contributed by atoms with E-state index in [1.165, 1.54) is 0 Å². The Morgan fingerprint density at radius 1 is 1.18 bits per heavy atom. The number of nitrogens with two attached hydrogens (primary N) is 1. The summed E-state index contributed by atoms with van der Waals surface area (Å²) in [5.74, 6) is -0.295. The van der Waals surface area contributed by atoms with Crippen molar-refractivity contribution in [2.75, 3.05) is 18.4 Å². The first-order chi connectivity index (χ1) is 15.5. The van der Waals surface area contributed by atoms with Crippen LogP contribution < -0.4 is 11.1 Å². The van der Waals surface area contributed by atoms with E-state index >= 15 is 0 Å². The third-order valence-corrected chi connectivity index (χ3v) is 6.91. The minimum atomic E-state index is -0.506. The van der Waals surface area contributed by atoms with Crippen molar-refractivity contribution >= 4 is 23.3 Å². The molecule has 2 heterocycles. The minimum absolute atomic E-state index is 0.0212. The van der Waals surface area contributed by atoms with Crippen LogP contribution in [0.15, 0.2) is 18.2 Å². The number of amides is 2. The van der Waals surface area contributed by atoms with Gasteiger partial charge < -0.3 is 20.5 Å². The molecule has 7 heteroatoms. The number of benzene rings is 1. The summed E-state index contributed by atoms with van der Waals surface area (Å²) in [6.45, 7) is 11.0. The maximum absolute atomic E-state index is 13.2. The van der Waals surface area contributed by atoms with Crippen molar-refractivity contribution in [2.24, 2.45) is 11.1 Å². The first-order valence-electron chi connectivity index (χ1n) is 11.7. The zero-order chi connectivity index (χ0) is 24.1. The summed E-state index contributed by atoms with van der Waals surface area (Å²) in [7, 11) is 0. The normalized spacial score (nSPS) is 20.1.